The molecule has 114 valence electrons. The molecular formula is C16H16N2O4. The number of para-hydroxylation sites is 4. The van der Waals surface area contributed by atoms with E-state index in [2.05, 4.69) is 10.6 Å². The van der Waals surface area contributed by atoms with Crippen molar-refractivity contribution in [2.24, 2.45) is 0 Å². The molecule has 1 heterocycles. The molecule has 0 aliphatic carbocycles. The smallest absolute Gasteiger partial charge is 0.319 e. The van der Waals surface area contributed by atoms with Crippen LogP contribution in [-0.2, 0) is 0 Å². The molecular weight excluding hydrogens is 284 g/mol. The molecule has 3 rings (SSSR count). The van der Waals surface area contributed by atoms with Gasteiger partial charge in [0.05, 0.1) is 12.2 Å². The second-order valence-corrected chi connectivity index (χ2v) is 4.85. The quantitative estimate of drug-likeness (QED) is 0.760. The SMILES string of the molecule is O=C(NCC1COc2ccccc2O1)Nc1ccccc1O. The fourth-order valence-corrected chi connectivity index (χ4v) is 2.12. The number of carbonyl (C=O) groups excluding carboxylic acids is 1. The molecule has 0 spiro atoms. The van der Waals surface area contributed by atoms with Gasteiger partial charge in [-0.3, -0.25) is 0 Å². The zero-order valence-corrected chi connectivity index (χ0v) is 11.8. The molecule has 3 N–H and O–H groups in total. The largest absolute Gasteiger partial charge is 0.506 e. The molecule has 0 saturated carbocycles. The predicted molar refractivity (Wildman–Crippen MR) is 81.5 cm³/mol. The Morgan fingerprint density at radius 3 is 2.68 bits per heavy atom. The van der Waals surface area contributed by atoms with E-state index in [1.165, 1.54) is 6.07 Å². The molecule has 2 amide bonds. The molecule has 1 aliphatic rings. The number of benzene rings is 2. The molecule has 0 fully saturated rings. The lowest BCUT2D eigenvalue weighted by Crippen LogP contribution is -2.42. The van der Waals surface area contributed by atoms with Gasteiger partial charge in [0.25, 0.3) is 0 Å². The Morgan fingerprint density at radius 2 is 1.86 bits per heavy atom. The molecule has 1 aliphatic heterocycles. The number of phenols is 1. The highest BCUT2D eigenvalue weighted by Crippen LogP contribution is 2.30. The molecule has 2 aromatic carbocycles. The van der Waals surface area contributed by atoms with Crippen LogP contribution >= 0.6 is 0 Å². The van der Waals surface area contributed by atoms with Crippen LogP contribution < -0.4 is 20.1 Å². The molecule has 22 heavy (non-hydrogen) atoms. The molecule has 1 unspecified atom stereocenters. The van der Waals surface area contributed by atoms with Crippen LogP contribution in [0.15, 0.2) is 48.5 Å². The number of hydrogen-bond donors (Lipinski definition) is 3. The summed E-state index contributed by atoms with van der Waals surface area (Å²) < 4.78 is 11.3. The Balaban J connectivity index is 1.51. The highest BCUT2D eigenvalue weighted by molar-refractivity contribution is 5.90. The summed E-state index contributed by atoms with van der Waals surface area (Å²) in [6.45, 7) is 0.668. The Morgan fingerprint density at radius 1 is 1.14 bits per heavy atom. The first-order valence-electron chi connectivity index (χ1n) is 6.94. The Labute approximate surface area is 127 Å². The maximum Gasteiger partial charge on any atom is 0.319 e. The van der Waals surface area contributed by atoms with Crippen LogP contribution in [0.2, 0.25) is 0 Å². The lowest BCUT2D eigenvalue weighted by Gasteiger charge is -2.26. The second-order valence-electron chi connectivity index (χ2n) is 4.85. The lowest BCUT2D eigenvalue weighted by molar-refractivity contribution is 0.0922. The summed E-state index contributed by atoms with van der Waals surface area (Å²) in [5, 5.41) is 14.9. The number of ether oxygens (including phenoxy) is 2. The predicted octanol–water partition coefficient (Wildman–Crippen LogP) is 2.35. The van der Waals surface area contributed by atoms with Crippen molar-refractivity contribution in [3.05, 3.63) is 48.5 Å². The van der Waals surface area contributed by atoms with Gasteiger partial charge in [0.15, 0.2) is 17.6 Å². The van der Waals surface area contributed by atoms with Crippen LogP contribution in [-0.4, -0.2) is 30.4 Å². The van der Waals surface area contributed by atoms with Crippen molar-refractivity contribution >= 4 is 11.7 Å². The van der Waals surface area contributed by atoms with Gasteiger partial charge >= 0.3 is 6.03 Å². The topological polar surface area (TPSA) is 79.8 Å². The van der Waals surface area contributed by atoms with Crippen molar-refractivity contribution in [2.75, 3.05) is 18.5 Å². The van der Waals surface area contributed by atoms with Gasteiger partial charge in [-0.15, -0.1) is 0 Å². The third-order valence-electron chi connectivity index (χ3n) is 3.21. The fourth-order valence-electron chi connectivity index (χ4n) is 2.12. The zero-order chi connectivity index (χ0) is 15.4. The minimum Gasteiger partial charge on any atom is -0.506 e. The molecule has 6 nitrogen and oxygen atoms in total. The summed E-state index contributed by atoms with van der Waals surface area (Å²) in [5.74, 6) is 1.39. The maximum atomic E-state index is 11.8. The summed E-state index contributed by atoms with van der Waals surface area (Å²) in [6.07, 6.45) is -0.259. The Bertz CT molecular complexity index is 675. The average molecular weight is 300 g/mol. The number of phenolic OH excluding ortho intramolecular Hbond substituents is 1. The van der Waals surface area contributed by atoms with Crippen molar-refractivity contribution in [1.82, 2.24) is 5.32 Å². The summed E-state index contributed by atoms with van der Waals surface area (Å²) >= 11 is 0. The van der Waals surface area contributed by atoms with Crippen molar-refractivity contribution in [3.8, 4) is 17.2 Å². The first-order chi connectivity index (χ1) is 10.7. The minimum atomic E-state index is -0.413. The van der Waals surface area contributed by atoms with E-state index in [0.29, 0.717) is 30.3 Å². The van der Waals surface area contributed by atoms with E-state index in [1.54, 1.807) is 18.2 Å². The van der Waals surface area contributed by atoms with Crippen molar-refractivity contribution in [2.45, 2.75) is 6.10 Å². The van der Waals surface area contributed by atoms with E-state index in [4.69, 9.17) is 9.47 Å². The molecule has 6 heteroatoms. The van der Waals surface area contributed by atoms with Crippen LogP contribution in [0.3, 0.4) is 0 Å². The van der Waals surface area contributed by atoms with Crippen LogP contribution in [0.25, 0.3) is 0 Å². The summed E-state index contributed by atoms with van der Waals surface area (Å²) in [7, 11) is 0. The number of hydrogen-bond acceptors (Lipinski definition) is 4. The number of nitrogens with one attached hydrogen (secondary N) is 2. The fraction of sp³-hybridized carbons (Fsp3) is 0.188. The minimum absolute atomic E-state index is 0.0174. The number of fused-ring (bicyclic) bond motifs is 1. The number of amides is 2. The van der Waals surface area contributed by atoms with E-state index < -0.39 is 6.03 Å². The summed E-state index contributed by atoms with van der Waals surface area (Å²) in [6, 6.07) is 13.5. The summed E-state index contributed by atoms with van der Waals surface area (Å²) in [4.78, 5) is 11.8. The number of rotatable bonds is 3. The average Bonchev–Trinajstić information content (AvgIpc) is 2.55. The van der Waals surface area contributed by atoms with E-state index >= 15 is 0 Å². The molecule has 1 atom stereocenters. The molecule has 0 radical (unpaired) electrons. The second kappa shape index (κ2) is 6.26. The van der Waals surface area contributed by atoms with E-state index in [-0.39, 0.29) is 11.9 Å². The molecule has 0 aromatic heterocycles. The highest BCUT2D eigenvalue weighted by atomic mass is 16.6. The number of anilines is 1. The number of urea groups is 1. The summed E-state index contributed by atoms with van der Waals surface area (Å²) in [5.41, 5.74) is 0.353. The van der Waals surface area contributed by atoms with Crippen LogP contribution in [0, 0.1) is 0 Å². The highest BCUT2D eigenvalue weighted by Gasteiger charge is 2.21. The molecule has 0 bridgehead atoms. The van der Waals surface area contributed by atoms with Gasteiger partial charge in [0, 0.05) is 0 Å². The van der Waals surface area contributed by atoms with Gasteiger partial charge in [-0.25, -0.2) is 4.79 Å². The van der Waals surface area contributed by atoms with E-state index in [1.807, 2.05) is 24.3 Å². The van der Waals surface area contributed by atoms with Gasteiger partial charge in [0.2, 0.25) is 0 Å². The van der Waals surface area contributed by atoms with Gasteiger partial charge in [-0.05, 0) is 24.3 Å². The third-order valence-corrected chi connectivity index (χ3v) is 3.21. The molecule has 2 aromatic rings. The van der Waals surface area contributed by atoms with Gasteiger partial charge in [-0.2, -0.15) is 0 Å². The Kier molecular flexibility index (Phi) is 4.00. The van der Waals surface area contributed by atoms with Crippen molar-refractivity contribution in [1.29, 1.82) is 0 Å². The van der Waals surface area contributed by atoms with Crippen LogP contribution in [0.5, 0.6) is 17.2 Å². The van der Waals surface area contributed by atoms with Gasteiger partial charge in [-0.1, -0.05) is 24.3 Å². The maximum absolute atomic E-state index is 11.8. The van der Waals surface area contributed by atoms with E-state index in [0.717, 1.165) is 0 Å². The van der Waals surface area contributed by atoms with Crippen molar-refractivity contribution < 1.29 is 19.4 Å². The monoisotopic (exact) mass is 300 g/mol. The first kappa shape index (κ1) is 14.1. The standard InChI is InChI=1S/C16H16N2O4/c19-13-6-2-1-5-12(13)18-16(20)17-9-11-10-21-14-7-3-4-8-15(14)22-11/h1-8,11,19H,9-10H2,(H2,17,18,20). The molecule has 0 saturated heterocycles. The Hall–Kier alpha value is -2.89. The van der Waals surface area contributed by atoms with Crippen LogP contribution in [0.1, 0.15) is 0 Å². The van der Waals surface area contributed by atoms with Crippen molar-refractivity contribution in [3.63, 3.8) is 0 Å². The first-order valence-corrected chi connectivity index (χ1v) is 6.94. The normalized spacial score (nSPS) is 15.9. The number of aromatic hydroxyl groups is 1. The third kappa shape index (κ3) is 3.22. The lowest BCUT2D eigenvalue weighted by atomic mass is 10.2. The van der Waals surface area contributed by atoms with Crippen LogP contribution in [0.4, 0.5) is 10.5 Å². The van der Waals surface area contributed by atoms with Gasteiger partial charge in [0.1, 0.15) is 12.4 Å². The van der Waals surface area contributed by atoms with Gasteiger partial charge < -0.3 is 25.2 Å². The number of carbonyl (C=O) groups is 1. The van der Waals surface area contributed by atoms with E-state index in [9.17, 15) is 9.90 Å². The zero-order valence-electron chi connectivity index (χ0n) is 11.8.